The molecule has 35 heavy (non-hydrogen) atoms. The highest BCUT2D eigenvalue weighted by Gasteiger charge is 2.17. The molecule has 2 aromatic heterocycles. The number of aryl methyl sites for hydroxylation is 1. The van der Waals surface area contributed by atoms with Crippen molar-refractivity contribution in [1.29, 1.82) is 0 Å². The summed E-state index contributed by atoms with van der Waals surface area (Å²) in [5.74, 6) is 0.439. The quantitative estimate of drug-likeness (QED) is 0.372. The maximum absolute atomic E-state index is 13.4. The third-order valence-corrected chi connectivity index (χ3v) is 6.21. The van der Waals surface area contributed by atoms with Gasteiger partial charge in [0.25, 0.3) is 5.56 Å². The first-order valence-electron chi connectivity index (χ1n) is 11.1. The molecule has 0 radical (unpaired) electrons. The van der Waals surface area contributed by atoms with Crippen molar-refractivity contribution < 1.29 is 9.18 Å². The van der Waals surface area contributed by atoms with Gasteiger partial charge in [0.05, 0.1) is 17.4 Å². The van der Waals surface area contributed by atoms with Gasteiger partial charge in [-0.25, -0.2) is 4.39 Å². The summed E-state index contributed by atoms with van der Waals surface area (Å²) in [4.78, 5) is 25.8. The number of amides is 1. The number of benzene rings is 3. The van der Waals surface area contributed by atoms with E-state index >= 15 is 0 Å². The Labute approximate surface area is 204 Å². The second-order valence-electron chi connectivity index (χ2n) is 8.15. The molecule has 0 unspecified atom stereocenters. The molecular formula is C26H21ClFN5O2. The number of hydrogen-bond donors (Lipinski definition) is 1. The van der Waals surface area contributed by atoms with E-state index in [2.05, 4.69) is 15.5 Å². The van der Waals surface area contributed by atoms with Crippen LogP contribution in [0, 0.1) is 5.82 Å². The average Bonchev–Trinajstić information content (AvgIpc) is 3.30. The topological polar surface area (TPSA) is 81.3 Å². The van der Waals surface area contributed by atoms with Gasteiger partial charge in [-0.1, -0.05) is 54.1 Å². The van der Waals surface area contributed by atoms with E-state index in [0.29, 0.717) is 40.5 Å². The number of carbonyl (C=O) groups is 1. The number of fused-ring (bicyclic) bond motifs is 3. The lowest BCUT2D eigenvalue weighted by molar-refractivity contribution is -0.121. The predicted molar refractivity (Wildman–Crippen MR) is 132 cm³/mol. The van der Waals surface area contributed by atoms with E-state index in [9.17, 15) is 14.0 Å². The molecular weight excluding hydrogens is 469 g/mol. The fraction of sp³-hybridized carbons (Fsp3) is 0.154. The summed E-state index contributed by atoms with van der Waals surface area (Å²) in [5.41, 5.74) is 2.05. The van der Waals surface area contributed by atoms with Gasteiger partial charge in [-0.3, -0.25) is 18.6 Å². The van der Waals surface area contributed by atoms with E-state index in [1.165, 1.54) is 16.7 Å². The Morgan fingerprint density at radius 3 is 2.51 bits per heavy atom. The lowest BCUT2D eigenvalue weighted by atomic mass is 10.2. The summed E-state index contributed by atoms with van der Waals surface area (Å²) in [6.45, 7) is 0.545. The molecule has 0 atom stereocenters. The lowest BCUT2D eigenvalue weighted by Gasteiger charge is -2.12. The van der Waals surface area contributed by atoms with Crippen LogP contribution in [0.2, 0.25) is 5.02 Å². The Morgan fingerprint density at radius 2 is 1.71 bits per heavy atom. The molecule has 0 aliphatic carbocycles. The summed E-state index contributed by atoms with van der Waals surface area (Å²) in [5, 5.41) is 12.6. The predicted octanol–water partition coefficient (Wildman–Crippen LogP) is 4.13. The normalized spacial score (nSPS) is 11.3. The summed E-state index contributed by atoms with van der Waals surface area (Å²) in [6.07, 6.45) is 0.519. The van der Waals surface area contributed by atoms with Crippen LogP contribution >= 0.6 is 11.6 Å². The molecule has 9 heteroatoms. The standard InChI is InChI=1S/C26H21ClFN5O2/c27-21-7-3-1-5-18(21)15-29-24(34)14-13-23-30-31-26-32(16-17-9-11-19(28)12-10-17)25(35)20-6-2-4-8-22(20)33(23)26/h1-12H,13-16H2,(H,29,34). The van der Waals surface area contributed by atoms with Crippen molar-refractivity contribution in [1.82, 2.24) is 24.5 Å². The van der Waals surface area contributed by atoms with E-state index < -0.39 is 0 Å². The zero-order valence-corrected chi connectivity index (χ0v) is 19.4. The molecule has 3 aromatic carbocycles. The van der Waals surface area contributed by atoms with Gasteiger partial charge in [-0.15, -0.1) is 10.2 Å². The number of hydrogen-bond acceptors (Lipinski definition) is 4. The number of nitrogens with zero attached hydrogens (tertiary/aromatic N) is 4. The van der Waals surface area contributed by atoms with Crippen LogP contribution < -0.4 is 10.9 Å². The van der Waals surface area contributed by atoms with Gasteiger partial charge >= 0.3 is 0 Å². The highest BCUT2D eigenvalue weighted by Crippen LogP contribution is 2.17. The maximum atomic E-state index is 13.4. The van der Waals surface area contributed by atoms with Crippen molar-refractivity contribution in [3.8, 4) is 0 Å². The van der Waals surface area contributed by atoms with Crippen molar-refractivity contribution in [2.75, 3.05) is 0 Å². The smallest absolute Gasteiger partial charge is 0.263 e. The van der Waals surface area contributed by atoms with Gasteiger partial charge in [0.1, 0.15) is 11.6 Å². The molecule has 0 aliphatic heterocycles. The molecule has 1 amide bonds. The fourth-order valence-corrected chi connectivity index (χ4v) is 4.24. The van der Waals surface area contributed by atoms with E-state index in [0.717, 1.165) is 11.1 Å². The molecule has 2 heterocycles. The second kappa shape index (κ2) is 9.68. The van der Waals surface area contributed by atoms with E-state index in [4.69, 9.17) is 11.6 Å². The van der Waals surface area contributed by atoms with Crippen molar-refractivity contribution in [2.24, 2.45) is 0 Å². The van der Waals surface area contributed by atoms with Crippen LogP contribution in [0.5, 0.6) is 0 Å². The lowest BCUT2D eigenvalue weighted by Crippen LogP contribution is -2.25. The van der Waals surface area contributed by atoms with Crippen LogP contribution in [-0.4, -0.2) is 25.1 Å². The van der Waals surface area contributed by atoms with Gasteiger partial charge in [0.2, 0.25) is 11.7 Å². The first-order chi connectivity index (χ1) is 17.0. The van der Waals surface area contributed by atoms with Crippen molar-refractivity contribution in [2.45, 2.75) is 25.9 Å². The van der Waals surface area contributed by atoms with Crippen molar-refractivity contribution >= 4 is 34.2 Å². The van der Waals surface area contributed by atoms with Crippen LogP contribution in [0.15, 0.2) is 77.6 Å². The number of halogens is 2. The Hall–Kier alpha value is -4.04. The minimum atomic E-state index is -0.345. The van der Waals surface area contributed by atoms with Gasteiger partial charge in [-0.2, -0.15) is 0 Å². The van der Waals surface area contributed by atoms with Crippen LogP contribution in [-0.2, 0) is 24.3 Å². The number of rotatable bonds is 7. The zero-order valence-electron chi connectivity index (χ0n) is 18.6. The highest BCUT2D eigenvalue weighted by molar-refractivity contribution is 6.31. The Bertz CT molecular complexity index is 1590. The van der Waals surface area contributed by atoms with Gasteiger partial charge < -0.3 is 5.32 Å². The summed E-state index contributed by atoms with van der Waals surface area (Å²) >= 11 is 6.16. The largest absolute Gasteiger partial charge is 0.352 e. The molecule has 7 nitrogen and oxygen atoms in total. The summed E-state index contributed by atoms with van der Waals surface area (Å²) in [7, 11) is 0. The van der Waals surface area contributed by atoms with Crippen molar-refractivity contribution in [3.05, 3.63) is 111 Å². The van der Waals surface area contributed by atoms with Crippen LogP contribution in [0.3, 0.4) is 0 Å². The first kappa shape index (κ1) is 22.7. The molecule has 0 bridgehead atoms. The van der Waals surface area contributed by atoms with Crippen LogP contribution in [0.25, 0.3) is 16.7 Å². The Morgan fingerprint density at radius 1 is 0.971 bits per heavy atom. The molecule has 5 aromatic rings. The Kier molecular flexibility index (Phi) is 6.29. The fourth-order valence-electron chi connectivity index (χ4n) is 4.04. The Balaban J connectivity index is 1.44. The SMILES string of the molecule is O=C(CCc1nnc2n(Cc3ccc(F)cc3)c(=O)c3ccccc3n12)NCc1ccccc1Cl. The molecule has 5 rings (SSSR count). The minimum absolute atomic E-state index is 0.148. The minimum Gasteiger partial charge on any atom is -0.352 e. The van der Waals surface area contributed by atoms with Gasteiger partial charge in [-0.05, 0) is 41.5 Å². The average molecular weight is 490 g/mol. The number of carbonyl (C=O) groups excluding carboxylic acids is 1. The first-order valence-corrected chi connectivity index (χ1v) is 11.5. The highest BCUT2D eigenvalue weighted by atomic mass is 35.5. The molecule has 0 saturated heterocycles. The third kappa shape index (κ3) is 4.65. The van der Waals surface area contributed by atoms with E-state index in [-0.39, 0.29) is 30.2 Å². The number of aromatic nitrogens is 4. The van der Waals surface area contributed by atoms with E-state index in [1.54, 1.807) is 30.3 Å². The number of nitrogens with one attached hydrogen (secondary N) is 1. The van der Waals surface area contributed by atoms with Crippen LogP contribution in [0.1, 0.15) is 23.4 Å². The molecule has 0 spiro atoms. The molecule has 0 saturated carbocycles. The number of para-hydroxylation sites is 1. The third-order valence-electron chi connectivity index (χ3n) is 5.84. The zero-order chi connectivity index (χ0) is 24.4. The maximum Gasteiger partial charge on any atom is 0.263 e. The monoisotopic (exact) mass is 489 g/mol. The van der Waals surface area contributed by atoms with Crippen molar-refractivity contribution in [3.63, 3.8) is 0 Å². The molecule has 0 aliphatic rings. The summed E-state index contributed by atoms with van der Waals surface area (Å²) in [6, 6.07) is 20.5. The van der Waals surface area contributed by atoms with Gasteiger partial charge in [0, 0.05) is 24.4 Å². The second-order valence-corrected chi connectivity index (χ2v) is 8.56. The summed E-state index contributed by atoms with van der Waals surface area (Å²) < 4.78 is 16.7. The molecule has 176 valence electrons. The van der Waals surface area contributed by atoms with E-state index in [1.807, 2.05) is 34.7 Å². The molecule has 1 N–H and O–H groups in total. The molecule has 0 fully saturated rings. The van der Waals surface area contributed by atoms with Crippen LogP contribution in [0.4, 0.5) is 4.39 Å². The van der Waals surface area contributed by atoms with Gasteiger partial charge in [0.15, 0.2) is 0 Å².